The summed E-state index contributed by atoms with van der Waals surface area (Å²) in [7, 11) is 3.24. The zero-order valence-corrected chi connectivity index (χ0v) is 17.6. The fraction of sp³-hybridized carbons (Fsp3) is 0.304. The van der Waals surface area contributed by atoms with E-state index in [1.165, 1.54) is 5.56 Å². The summed E-state index contributed by atoms with van der Waals surface area (Å²) in [5.41, 5.74) is 2.97. The van der Waals surface area contributed by atoms with Crippen molar-refractivity contribution in [1.29, 1.82) is 0 Å². The van der Waals surface area contributed by atoms with Gasteiger partial charge in [0, 0.05) is 36.1 Å². The maximum atomic E-state index is 5.38. The fourth-order valence-electron chi connectivity index (χ4n) is 3.11. The van der Waals surface area contributed by atoms with Gasteiger partial charge in [0.2, 0.25) is 5.95 Å². The molecule has 0 unspecified atom stereocenters. The van der Waals surface area contributed by atoms with Crippen molar-refractivity contribution in [2.45, 2.75) is 33.4 Å². The number of benzene rings is 2. The number of aromatic nitrogens is 2. The molecule has 1 heterocycles. The zero-order chi connectivity index (χ0) is 20.8. The molecule has 0 atom stereocenters. The lowest BCUT2D eigenvalue weighted by atomic mass is 10.2. The Morgan fingerprint density at radius 3 is 2.31 bits per heavy atom. The third kappa shape index (κ3) is 5.16. The van der Waals surface area contributed by atoms with Crippen molar-refractivity contribution in [2.75, 3.05) is 24.4 Å². The topological polar surface area (TPSA) is 59.5 Å². The minimum absolute atomic E-state index is 0.290. The SMILES string of the molecule is COc1ccc(Nc2nc(C)cc(N(Cc3ccccc3)C(C)C)n2)cc1OC. The van der Waals surface area contributed by atoms with Gasteiger partial charge in [0.05, 0.1) is 14.2 Å². The molecule has 152 valence electrons. The number of methoxy groups -OCH3 is 2. The number of hydrogen-bond acceptors (Lipinski definition) is 6. The first-order valence-corrected chi connectivity index (χ1v) is 9.65. The summed E-state index contributed by atoms with van der Waals surface area (Å²) in [5.74, 6) is 2.77. The number of anilines is 3. The molecule has 1 N–H and O–H groups in total. The second-order valence-electron chi connectivity index (χ2n) is 7.09. The van der Waals surface area contributed by atoms with E-state index in [1.54, 1.807) is 14.2 Å². The molecule has 3 aromatic rings. The minimum Gasteiger partial charge on any atom is -0.493 e. The lowest BCUT2D eigenvalue weighted by Gasteiger charge is -2.28. The summed E-state index contributed by atoms with van der Waals surface area (Å²) in [6.45, 7) is 7.10. The Hall–Kier alpha value is -3.28. The van der Waals surface area contributed by atoms with Crippen molar-refractivity contribution in [3.63, 3.8) is 0 Å². The second-order valence-corrected chi connectivity index (χ2v) is 7.09. The van der Waals surface area contributed by atoms with E-state index in [4.69, 9.17) is 14.5 Å². The van der Waals surface area contributed by atoms with Crippen molar-refractivity contribution in [3.05, 3.63) is 65.9 Å². The number of aryl methyl sites for hydroxylation is 1. The molecule has 0 amide bonds. The van der Waals surface area contributed by atoms with Crippen LogP contribution in [0.2, 0.25) is 0 Å². The van der Waals surface area contributed by atoms with Crippen LogP contribution in [0.3, 0.4) is 0 Å². The predicted octanol–water partition coefficient (Wildman–Crippen LogP) is 4.96. The van der Waals surface area contributed by atoms with Gasteiger partial charge >= 0.3 is 0 Å². The van der Waals surface area contributed by atoms with Gasteiger partial charge in [-0.2, -0.15) is 4.98 Å². The molecule has 0 aliphatic heterocycles. The van der Waals surface area contributed by atoms with Crippen molar-refractivity contribution in [2.24, 2.45) is 0 Å². The lowest BCUT2D eigenvalue weighted by molar-refractivity contribution is 0.355. The smallest absolute Gasteiger partial charge is 0.229 e. The largest absolute Gasteiger partial charge is 0.493 e. The second kappa shape index (κ2) is 9.28. The standard InChI is InChI=1S/C23H28N4O2/c1-16(2)27(15-18-9-7-6-8-10-18)22-13-17(3)24-23(26-22)25-19-11-12-20(28-4)21(14-19)29-5/h6-14,16H,15H2,1-5H3,(H,24,25,26). The maximum absolute atomic E-state index is 5.38. The van der Waals surface area contributed by atoms with E-state index in [0.29, 0.717) is 23.5 Å². The van der Waals surface area contributed by atoms with Crippen molar-refractivity contribution >= 4 is 17.5 Å². The Kier molecular flexibility index (Phi) is 6.54. The van der Waals surface area contributed by atoms with Crippen LogP contribution >= 0.6 is 0 Å². The van der Waals surface area contributed by atoms with Crippen LogP contribution in [0.5, 0.6) is 11.5 Å². The number of nitrogens with zero attached hydrogens (tertiary/aromatic N) is 3. The summed E-state index contributed by atoms with van der Waals surface area (Å²) in [6.07, 6.45) is 0. The average Bonchev–Trinajstić information content (AvgIpc) is 2.72. The van der Waals surface area contributed by atoms with Gasteiger partial charge < -0.3 is 19.7 Å². The first-order chi connectivity index (χ1) is 14.0. The van der Waals surface area contributed by atoms with Crippen LogP contribution in [0.4, 0.5) is 17.5 Å². The zero-order valence-electron chi connectivity index (χ0n) is 17.6. The Morgan fingerprint density at radius 2 is 1.66 bits per heavy atom. The maximum Gasteiger partial charge on any atom is 0.229 e. The quantitative estimate of drug-likeness (QED) is 0.585. The number of rotatable bonds is 8. The fourth-order valence-corrected chi connectivity index (χ4v) is 3.11. The highest BCUT2D eigenvalue weighted by molar-refractivity contribution is 5.61. The van der Waals surface area contributed by atoms with Crippen molar-refractivity contribution in [1.82, 2.24) is 9.97 Å². The first kappa shape index (κ1) is 20.5. The molecule has 6 heteroatoms. The lowest BCUT2D eigenvalue weighted by Crippen LogP contribution is -2.31. The molecule has 1 aromatic heterocycles. The van der Waals surface area contributed by atoms with E-state index in [1.807, 2.05) is 37.3 Å². The molecule has 0 spiro atoms. The van der Waals surface area contributed by atoms with Gasteiger partial charge in [-0.25, -0.2) is 4.98 Å². The van der Waals surface area contributed by atoms with Gasteiger partial charge in [-0.1, -0.05) is 30.3 Å². The van der Waals surface area contributed by atoms with E-state index < -0.39 is 0 Å². The van der Waals surface area contributed by atoms with Crippen LogP contribution in [0.25, 0.3) is 0 Å². The van der Waals surface area contributed by atoms with Crippen LogP contribution in [0, 0.1) is 6.92 Å². The van der Waals surface area contributed by atoms with E-state index in [-0.39, 0.29) is 0 Å². The van der Waals surface area contributed by atoms with Crippen LogP contribution in [-0.2, 0) is 6.54 Å². The van der Waals surface area contributed by atoms with Gasteiger partial charge in [-0.3, -0.25) is 0 Å². The van der Waals surface area contributed by atoms with Gasteiger partial charge in [0.15, 0.2) is 11.5 Å². The van der Waals surface area contributed by atoms with Gasteiger partial charge in [0.1, 0.15) is 5.82 Å². The Morgan fingerprint density at radius 1 is 0.931 bits per heavy atom. The third-order valence-electron chi connectivity index (χ3n) is 4.59. The van der Waals surface area contributed by atoms with Crippen LogP contribution in [-0.4, -0.2) is 30.2 Å². The van der Waals surface area contributed by atoms with E-state index in [9.17, 15) is 0 Å². The molecular formula is C23H28N4O2. The van der Waals surface area contributed by atoms with Crippen molar-refractivity contribution in [3.8, 4) is 11.5 Å². The molecular weight excluding hydrogens is 364 g/mol. The van der Waals surface area contributed by atoms with Gasteiger partial charge in [-0.05, 0) is 38.5 Å². The average molecular weight is 393 g/mol. The van der Waals surface area contributed by atoms with E-state index in [2.05, 4.69) is 53.3 Å². The molecule has 29 heavy (non-hydrogen) atoms. The molecule has 0 aliphatic carbocycles. The first-order valence-electron chi connectivity index (χ1n) is 9.65. The molecule has 0 saturated carbocycles. The highest BCUT2D eigenvalue weighted by Crippen LogP contribution is 2.31. The monoisotopic (exact) mass is 392 g/mol. The van der Waals surface area contributed by atoms with E-state index >= 15 is 0 Å². The minimum atomic E-state index is 0.290. The van der Waals surface area contributed by atoms with Gasteiger partial charge in [0.25, 0.3) is 0 Å². The van der Waals surface area contributed by atoms with Crippen LogP contribution in [0.1, 0.15) is 25.1 Å². The predicted molar refractivity (Wildman–Crippen MR) is 117 cm³/mol. The summed E-state index contributed by atoms with van der Waals surface area (Å²) in [4.78, 5) is 11.6. The highest BCUT2D eigenvalue weighted by Gasteiger charge is 2.15. The van der Waals surface area contributed by atoms with E-state index in [0.717, 1.165) is 23.7 Å². The van der Waals surface area contributed by atoms with Crippen LogP contribution < -0.4 is 19.7 Å². The summed E-state index contributed by atoms with van der Waals surface area (Å²) < 4.78 is 10.7. The molecule has 6 nitrogen and oxygen atoms in total. The van der Waals surface area contributed by atoms with Crippen LogP contribution in [0.15, 0.2) is 54.6 Å². The molecule has 0 fully saturated rings. The summed E-state index contributed by atoms with van der Waals surface area (Å²) >= 11 is 0. The highest BCUT2D eigenvalue weighted by atomic mass is 16.5. The summed E-state index contributed by atoms with van der Waals surface area (Å²) in [6, 6.07) is 18.4. The van der Waals surface area contributed by atoms with Gasteiger partial charge in [-0.15, -0.1) is 0 Å². The van der Waals surface area contributed by atoms with Crippen molar-refractivity contribution < 1.29 is 9.47 Å². The normalized spacial score (nSPS) is 10.7. The molecule has 3 rings (SSSR count). The molecule has 0 aliphatic rings. The molecule has 0 bridgehead atoms. The number of hydrogen-bond donors (Lipinski definition) is 1. The Balaban J connectivity index is 1.88. The molecule has 0 radical (unpaired) electrons. The Bertz CT molecular complexity index is 945. The molecule has 2 aromatic carbocycles. The summed E-state index contributed by atoms with van der Waals surface area (Å²) in [5, 5.41) is 3.28. The number of nitrogens with one attached hydrogen (secondary N) is 1. The number of ether oxygens (including phenoxy) is 2. The Labute approximate surface area is 172 Å². The molecule has 0 saturated heterocycles. The third-order valence-corrected chi connectivity index (χ3v) is 4.59.